The van der Waals surface area contributed by atoms with Gasteiger partial charge in [0.2, 0.25) is 5.89 Å². The minimum atomic E-state index is -0.470. The minimum Gasteiger partial charge on any atom is -0.484 e. The lowest BCUT2D eigenvalue weighted by molar-refractivity contribution is 0.199. The van der Waals surface area contributed by atoms with Crippen molar-refractivity contribution in [3.63, 3.8) is 0 Å². The van der Waals surface area contributed by atoms with Crippen molar-refractivity contribution in [1.29, 1.82) is 0 Å². The van der Waals surface area contributed by atoms with E-state index >= 15 is 0 Å². The van der Waals surface area contributed by atoms with Gasteiger partial charge in [0, 0.05) is 6.92 Å². The Morgan fingerprint density at radius 1 is 1.29 bits per heavy atom. The van der Waals surface area contributed by atoms with Gasteiger partial charge in [-0.25, -0.2) is 0 Å². The highest BCUT2D eigenvalue weighted by Gasteiger charge is 2.04. The molecule has 0 fully saturated rings. The zero-order valence-corrected chi connectivity index (χ0v) is 9.75. The maximum atomic E-state index is 9.35. The Hall–Kier alpha value is -1.88. The molecule has 0 spiro atoms. The second-order valence-corrected chi connectivity index (χ2v) is 3.75. The van der Waals surface area contributed by atoms with Crippen LogP contribution in [0.25, 0.3) is 0 Å². The lowest BCUT2D eigenvalue weighted by atomic mass is 10.1. The van der Waals surface area contributed by atoms with Gasteiger partial charge >= 0.3 is 0 Å². The third-order valence-electron chi connectivity index (χ3n) is 2.29. The molecule has 5 heteroatoms. The second kappa shape index (κ2) is 4.97. The average molecular weight is 234 g/mol. The summed E-state index contributed by atoms with van der Waals surface area (Å²) in [5, 5.41) is 16.9. The van der Waals surface area contributed by atoms with Gasteiger partial charge in [-0.15, -0.1) is 10.2 Å². The summed E-state index contributed by atoms with van der Waals surface area (Å²) < 4.78 is 10.6. The number of aromatic nitrogens is 2. The third kappa shape index (κ3) is 3.04. The fourth-order valence-electron chi connectivity index (χ4n) is 1.38. The van der Waals surface area contributed by atoms with Crippen molar-refractivity contribution in [3.05, 3.63) is 41.6 Å². The highest BCUT2D eigenvalue weighted by molar-refractivity contribution is 5.28. The normalized spacial score (nSPS) is 12.4. The summed E-state index contributed by atoms with van der Waals surface area (Å²) in [6.45, 7) is 3.69. The van der Waals surface area contributed by atoms with Crippen LogP contribution in [0.1, 0.15) is 30.4 Å². The summed E-state index contributed by atoms with van der Waals surface area (Å²) in [4.78, 5) is 0. The van der Waals surface area contributed by atoms with Crippen molar-refractivity contribution in [2.75, 3.05) is 0 Å². The van der Waals surface area contributed by atoms with Gasteiger partial charge in [-0.05, 0) is 24.6 Å². The SMILES string of the molecule is Cc1nnc(COc2ccc(C(C)O)cc2)o1. The van der Waals surface area contributed by atoms with Gasteiger partial charge in [0.1, 0.15) is 5.75 Å². The molecule has 0 bridgehead atoms. The van der Waals surface area contributed by atoms with E-state index in [1.165, 1.54) is 0 Å². The van der Waals surface area contributed by atoms with Crippen LogP contribution in [0.3, 0.4) is 0 Å². The lowest BCUT2D eigenvalue weighted by Gasteiger charge is -2.06. The summed E-state index contributed by atoms with van der Waals surface area (Å²) >= 11 is 0. The van der Waals surface area contributed by atoms with Crippen molar-refractivity contribution in [2.24, 2.45) is 0 Å². The first-order chi connectivity index (χ1) is 8.15. The standard InChI is InChI=1S/C12H14N2O3/c1-8(15)10-3-5-11(6-4-10)16-7-12-14-13-9(2)17-12/h3-6,8,15H,7H2,1-2H3. The van der Waals surface area contributed by atoms with Gasteiger partial charge in [-0.1, -0.05) is 12.1 Å². The number of rotatable bonds is 4. The molecule has 0 aliphatic carbocycles. The molecule has 0 saturated carbocycles. The van der Waals surface area contributed by atoms with Crippen molar-refractivity contribution >= 4 is 0 Å². The zero-order valence-electron chi connectivity index (χ0n) is 9.75. The van der Waals surface area contributed by atoms with Crippen LogP contribution in [0, 0.1) is 6.92 Å². The fourth-order valence-corrected chi connectivity index (χ4v) is 1.38. The summed E-state index contributed by atoms with van der Waals surface area (Å²) in [5.41, 5.74) is 0.853. The topological polar surface area (TPSA) is 68.4 Å². The molecule has 1 N–H and O–H groups in total. The van der Waals surface area contributed by atoms with Crippen molar-refractivity contribution in [1.82, 2.24) is 10.2 Å². The third-order valence-corrected chi connectivity index (χ3v) is 2.29. The molecule has 5 nitrogen and oxygen atoms in total. The quantitative estimate of drug-likeness (QED) is 0.876. The Labute approximate surface area is 99.1 Å². The molecule has 0 amide bonds. The highest BCUT2D eigenvalue weighted by Crippen LogP contribution is 2.18. The van der Waals surface area contributed by atoms with E-state index in [1.54, 1.807) is 26.0 Å². The molecule has 1 aromatic carbocycles. The van der Waals surface area contributed by atoms with Gasteiger partial charge in [0.15, 0.2) is 6.61 Å². The van der Waals surface area contributed by atoms with E-state index in [4.69, 9.17) is 9.15 Å². The summed E-state index contributed by atoms with van der Waals surface area (Å²) in [5.74, 6) is 1.67. The molecule has 1 aromatic heterocycles. The van der Waals surface area contributed by atoms with Gasteiger partial charge in [0.05, 0.1) is 6.10 Å². The molecule has 2 aromatic rings. The van der Waals surface area contributed by atoms with Crippen molar-refractivity contribution < 1.29 is 14.3 Å². The first-order valence-electron chi connectivity index (χ1n) is 5.35. The number of aliphatic hydroxyl groups excluding tert-OH is 1. The van der Waals surface area contributed by atoms with Crippen LogP contribution in [-0.4, -0.2) is 15.3 Å². The van der Waals surface area contributed by atoms with E-state index in [-0.39, 0.29) is 6.61 Å². The average Bonchev–Trinajstić information content (AvgIpc) is 2.73. The predicted octanol–water partition coefficient (Wildman–Crippen LogP) is 2.01. The molecule has 0 saturated heterocycles. The van der Waals surface area contributed by atoms with Crippen LogP contribution in [0.2, 0.25) is 0 Å². The molecular weight excluding hydrogens is 220 g/mol. The Morgan fingerprint density at radius 2 is 2.00 bits per heavy atom. The van der Waals surface area contributed by atoms with E-state index < -0.39 is 6.10 Å². The van der Waals surface area contributed by atoms with Crippen LogP contribution in [-0.2, 0) is 6.61 Å². The molecule has 1 atom stereocenters. The predicted molar refractivity (Wildman–Crippen MR) is 60.4 cm³/mol. The largest absolute Gasteiger partial charge is 0.484 e. The monoisotopic (exact) mass is 234 g/mol. The molecule has 1 unspecified atom stereocenters. The summed E-state index contributed by atoms with van der Waals surface area (Å²) in [7, 11) is 0. The van der Waals surface area contributed by atoms with Gasteiger partial charge < -0.3 is 14.3 Å². The molecule has 2 rings (SSSR count). The molecular formula is C12H14N2O3. The smallest absolute Gasteiger partial charge is 0.253 e. The van der Waals surface area contributed by atoms with Crippen LogP contribution >= 0.6 is 0 Å². The van der Waals surface area contributed by atoms with E-state index in [9.17, 15) is 5.11 Å². The first-order valence-corrected chi connectivity index (χ1v) is 5.35. The second-order valence-electron chi connectivity index (χ2n) is 3.75. The summed E-state index contributed by atoms with van der Waals surface area (Å²) in [6, 6.07) is 7.23. The maximum absolute atomic E-state index is 9.35. The van der Waals surface area contributed by atoms with E-state index in [2.05, 4.69) is 10.2 Å². The Kier molecular flexibility index (Phi) is 3.39. The van der Waals surface area contributed by atoms with E-state index in [1.807, 2.05) is 12.1 Å². The summed E-state index contributed by atoms with van der Waals surface area (Å²) in [6.07, 6.45) is -0.470. The number of hydrogen-bond acceptors (Lipinski definition) is 5. The Bertz CT molecular complexity index is 477. The van der Waals surface area contributed by atoms with E-state index in [0.717, 1.165) is 5.56 Å². The Morgan fingerprint density at radius 3 is 2.53 bits per heavy atom. The van der Waals surface area contributed by atoms with E-state index in [0.29, 0.717) is 17.5 Å². The number of aryl methyl sites for hydroxylation is 1. The molecule has 90 valence electrons. The van der Waals surface area contributed by atoms with Crippen molar-refractivity contribution in [2.45, 2.75) is 26.6 Å². The maximum Gasteiger partial charge on any atom is 0.253 e. The van der Waals surface area contributed by atoms with Gasteiger partial charge in [-0.3, -0.25) is 0 Å². The molecule has 17 heavy (non-hydrogen) atoms. The fraction of sp³-hybridized carbons (Fsp3) is 0.333. The molecule has 0 aliphatic heterocycles. The van der Waals surface area contributed by atoms with Crippen LogP contribution in [0.15, 0.2) is 28.7 Å². The van der Waals surface area contributed by atoms with Crippen molar-refractivity contribution in [3.8, 4) is 5.75 Å². The molecule has 0 radical (unpaired) electrons. The number of aliphatic hydroxyl groups is 1. The van der Waals surface area contributed by atoms with Crippen LogP contribution < -0.4 is 4.74 Å². The van der Waals surface area contributed by atoms with Gasteiger partial charge in [-0.2, -0.15) is 0 Å². The number of ether oxygens (including phenoxy) is 1. The zero-order chi connectivity index (χ0) is 12.3. The number of hydrogen-bond donors (Lipinski definition) is 1. The number of nitrogens with zero attached hydrogens (tertiary/aromatic N) is 2. The number of benzene rings is 1. The highest BCUT2D eigenvalue weighted by atomic mass is 16.5. The Balaban J connectivity index is 1.95. The van der Waals surface area contributed by atoms with Gasteiger partial charge in [0.25, 0.3) is 5.89 Å². The van der Waals surface area contributed by atoms with Crippen LogP contribution in [0.4, 0.5) is 0 Å². The van der Waals surface area contributed by atoms with Crippen LogP contribution in [0.5, 0.6) is 5.75 Å². The molecule has 1 heterocycles. The minimum absolute atomic E-state index is 0.245. The lowest BCUT2D eigenvalue weighted by Crippen LogP contribution is -1.96. The first kappa shape index (κ1) is 11.6. The molecule has 0 aliphatic rings.